The van der Waals surface area contributed by atoms with E-state index in [1.54, 1.807) is 24.3 Å². The lowest BCUT2D eigenvalue weighted by Crippen LogP contribution is -2.17. The van der Waals surface area contributed by atoms with Gasteiger partial charge in [0.15, 0.2) is 9.84 Å². The first-order valence-electron chi connectivity index (χ1n) is 6.26. The zero-order valence-electron chi connectivity index (χ0n) is 11.7. The van der Waals surface area contributed by atoms with Gasteiger partial charge in [-0.05, 0) is 30.3 Å². The molecule has 0 bridgehead atoms. The minimum absolute atomic E-state index is 0.156. The molecule has 2 aromatic rings. The number of hydrogen-bond donors (Lipinski definition) is 1. The summed E-state index contributed by atoms with van der Waals surface area (Å²) in [6.45, 7) is 0. The van der Waals surface area contributed by atoms with Crippen molar-refractivity contribution in [2.24, 2.45) is 5.10 Å². The number of benzene rings is 2. The normalized spacial score (nSPS) is 11.5. The van der Waals surface area contributed by atoms with Gasteiger partial charge < -0.3 is 0 Å². The smallest absolute Gasteiger partial charge is 0.267 e. The monoisotopic (exact) mass is 336 g/mol. The van der Waals surface area contributed by atoms with E-state index in [1.165, 1.54) is 30.5 Å². The molecule has 7 heteroatoms. The van der Waals surface area contributed by atoms with Crippen molar-refractivity contribution in [3.8, 4) is 0 Å². The molecular weight excluding hydrogens is 324 g/mol. The largest absolute Gasteiger partial charge is 0.271 e. The van der Waals surface area contributed by atoms with Gasteiger partial charge in [0, 0.05) is 22.4 Å². The molecule has 0 spiro atoms. The summed E-state index contributed by atoms with van der Waals surface area (Å²) in [7, 11) is -3.28. The summed E-state index contributed by atoms with van der Waals surface area (Å²) in [5.74, 6) is -0.441. The second-order valence-corrected chi connectivity index (χ2v) is 6.94. The zero-order chi connectivity index (χ0) is 16.2. The lowest BCUT2D eigenvalue weighted by atomic mass is 10.2. The van der Waals surface area contributed by atoms with E-state index in [4.69, 9.17) is 11.6 Å². The van der Waals surface area contributed by atoms with Crippen LogP contribution in [0.4, 0.5) is 0 Å². The van der Waals surface area contributed by atoms with Gasteiger partial charge in [0.05, 0.1) is 11.1 Å². The van der Waals surface area contributed by atoms with Gasteiger partial charge in [0.25, 0.3) is 5.91 Å². The fourth-order valence-electron chi connectivity index (χ4n) is 1.66. The summed E-state index contributed by atoms with van der Waals surface area (Å²) in [5, 5.41) is 4.35. The molecule has 0 aliphatic rings. The van der Waals surface area contributed by atoms with Crippen LogP contribution in [0.2, 0.25) is 5.02 Å². The van der Waals surface area contributed by atoms with Crippen LogP contribution >= 0.6 is 11.6 Å². The Morgan fingerprint density at radius 3 is 2.36 bits per heavy atom. The van der Waals surface area contributed by atoms with Gasteiger partial charge in [-0.15, -0.1) is 0 Å². The van der Waals surface area contributed by atoms with E-state index in [0.29, 0.717) is 16.1 Å². The number of halogens is 1. The Kier molecular flexibility index (Phi) is 4.95. The van der Waals surface area contributed by atoms with Gasteiger partial charge in [0.1, 0.15) is 0 Å². The van der Waals surface area contributed by atoms with Crippen molar-refractivity contribution in [2.75, 3.05) is 6.26 Å². The predicted molar refractivity (Wildman–Crippen MR) is 86.1 cm³/mol. The highest BCUT2D eigenvalue weighted by Gasteiger charge is 2.09. The number of sulfone groups is 1. The Morgan fingerprint density at radius 1 is 1.14 bits per heavy atom. The fraction of sp³-hybridized carbons (Fsp3) is 0.0667. The van der Waals surface area contributed by atoms with Crippen molar-refractivity contribution in [1.82, 2.24) is 5.43 Å². The number of nitrogens with one attached hydrogen (secondary N) is 1. The maximum atomic E-state index is 11.9. The van der Waals surface area contributed by atoms with Gasteiger partial charge >= 0.3 is 0 Å². The zero-order valence-corrected chi connectivity index (χ0v) is 13.2. The first-order chi connectivity index (χ1) is 10.4. The number of carbonyl (C=O) groups excluding carboxylic acids is 1. The Labute approximate surface area is 133 Å². The van der Waals surface area contributed by atoms with Gasteiger partial charge in [-0.25, -0.2) is 13.8 Å². The van der Waals surface area contributed by atoms with E-state index in [1.807, 2.05) is 0 Å². The van der Waals surface area contributed by atoms with Gasteiger partial charge in [-0.2, -0.15) is 5.10 Å². The summed E-state index contributed by atoms with van der Waals surface area (Å²) in [5.41, 5.74) is 3.34. The van der Waals surface area contributed by atoms with Crippen LogP contribution in [0.3, 0.4) is 0 Å². The van der Waals surface area contributed by atoms with Crippen LogP contribution in [0.1, 0.15) is 15.9 Å². The lowest BCUT2D eigenvalue weighted by molar-refractivity contribution is 0.0955. The van der Waals surface area contributed by atoms with Crippen molar-refractivity contribution in [2.45, 2.75) is 4.90 Å². The number of rotatable bonds is 4. The molecule has 0 aliphatic heterocycles. The standard InChI is InChI=1S/C15H13ClN2O3S/c1-22(20,21)13-8-6-11(7-9-13)15(19)18-17-10-12-4-2-3-5-14(12)16/h2-10H,1H3,(H,18,19)/b17-10+. The summed E-state index contributed by atoms with van der Waals surface area (Å²) in [6, 6.07) is 12.7. The van der Waals surface area contributed by atoms with Gasteiger partial charge in [0.2, 0.25) is 0 Å². The maximum absolute atomic E-state index is 11.9. The molecule has 0 radical (unpaired) electrons. The molecule has 22 heavy (non-hydrogen) atoms. The van der Waals surface area contributed by atoms with Crippen LogP contribution in [0.5, 0.6) is 0 Å². The van der Waals surface area contributed by atoms with Gasteiger partial charge in [-0.3, -0.25) is 4.79 Å². The minimum atomic E-state index is -3.28. The van der Waals surface area contributed by atoms with E-state index in [2.05, 4.69) is 10.5 Å². The van der Waals surface area contributed by atoms with E-state index in [0.717, 1.165) is 6.26 Å². The summed E-state index contributed by atoms with van der Waals surface area (Å²) in [4.78, 5) is 12.0. The van der Waals surface area contributed by atoms with E-state index in [9.17, 15) is 13.2 Å². The Morgan fingerprint density at radius 2 is 1.77 bits per heavy atom. The van der Waals surface area contributed by atoms with Crippen molar-refractivity contribution < 1.29 is 13.2 Å². The fourth-order valence-corrected chi connectivity index (χ4v) is 2.47. The molecule has 1 N–H and O–H groups in total. The van der Waals surface area contributed by atoms with Crippen molar-refractivity contribution in [3.05, 3.63) is 64.7 Å². The number of carbonyl (C=O) groups is 1. The molecule has 114 valence electrons. The number of nitrogens with zero attached hydrogens (tertiary/aromatic N) is 1. The van der Waals surface area contributed by atoms with Gasteiger partial charge in [-0.1, -0.05) is 29.8 Å². The van der Waals surface area contributed by atoms with E-state index < -0.39 is 15.7 Å². The topological polar surface area (TPSA) is 75.6 Å². The maximum Gasteiger partial charge on any atom is 0.271 e. The van der Waals surface area contributed by atoms with Crippen molar-refractivity contribution in [3.63, 3.8) is 0 Å². The molecule has 0 unspecified atom stereocenters. The molecule has 0 saturated carbocycles. The van der Waals surface area contributed by atoms with Crippen LogP contribution < -0.4 is 5.43 Å². The Balaban J connectivity index is 2.05. The first kappa shape index (κ1) is 16.2. The van der Waals surface area contributed by atoms with Crippen LogP contribution in [-0.2, 0) is 9.84 Å². The highest BCUT2D eigenvalue weighted by molar-refractivity contribution is 7.90. The molecular formula is C15H13ClN2O3S. The molecule has 2 rings (SSSR count). The third-order valence-electron chi connectivity index (χ3n) is 2.82. The molecule has 0 saturated heterocycles. The second-order valence-electron chi connectivity index (χ2n) is 4.52. The summed E-state index contributed by atoms with van der Waals surface area (Å²) < 4.78 is 22.7. The number of hydrogen-bond acceptors (Lipinski definition) is 4. The van der Waals surface area contributed by atoms with Crippen molar-refractivity contribution >= 4 is 33.6 Å². The van der Waals surface area contributed by atoms with Crippen molar-refractivity contribution in [1.29, 1.82) is 0 Å². The molecule has 0 fully saturated rings. The minimum Gasteiger partial charge on any atom is -0.267 e. The quantitative estimate of drug-likeness (QED) is 0.688. The molecule has 5 nitrogen and oxygen atoms in total. The van der Waals surface area contributed by atoms with Crippen LogP contribution in [0.15, 0.2) is 58.5 Å². The highest BCUT2D eigenvalue weighted by atomic mass is 35.5. The highest BCUT2D eigenvalue weighted by Crippen LogP contribution is 2.12. The average Bonchev–Trinajstić information content (AvgIpc) is 2.48. The van der Waals surface area contributed by atoms with E-state index in [-0.39, 0.29) is 4.90 Å². The summed E-state index contributed by atoms with van der Waals surface area (Å²) >= 11 is 5.96. The SMILES string of the molecule is CS(=O)(=O)c1ccc(C(=O)N/N=C/c2ccccc2Cl)cc1. The lowest BCUT2D eigenvalue weighted by Gasteiger charge is -2.02. The molecule has 0 aliphatic carbocycles. The molecule has 2 aromatic carbocycles. The molecule has 1 amide bonds. The average molecular weight is 337 g/mol. The Bertz CT molecular complexity index is 815. The third-order valence-corrected chi connectivity index (χ3v) is 4.29. The number of amides is 1. The van der Waals surface area contributed by atoms with Crippen LogP contribution in [0, 0.1) is 0 Å². The molecule has 0 aromatic heterocycles. The van der Waals surface area contributed by atoms with E-state index >= 15 is 0 Å². The molecule has 0 atom stereocenters. The Hall–Kier alpha value is -2.18. The molecule has 0 heterocycles. The van der Waals surface area contributed by atoms with Crippen LogP contribution in [0.25, 0.3) is 0 Å². The summed E-state index contributed by atoms with van der Waals surface area (Å²) in [6.07, 6.45) is 2.54. The third kappa shape index (κ3) is 4.16. The predicted octanol–water partition coefficient (Wildman–Crippen LogP) is 2.51. The first-order valence-corrected chi connectivity index (χ1v) is 8.53. The van der Waals surface area contributed by atoms with Crippen LogP contribution in [-0.4, -0.2) is 26.8 Å². The second kappa shape index (κ2) is 6.72. The number of hydrazone groups is 1.